The summed E-state index contributed by atoms with van der Waals surface area (Å²) in [5.41, 5.74) is 2.59. The average molecular weight is 410 g/mol. The molecule has 0 spiro atoms. The number of para-hydroxylation sites is 1. The van der Waals surface area contributed by atoms with Crippen molar-refractivity contribution < 1.29 is 17.9 Å². The van der Waals surface area contributed by atoms with Crippen LogP contribution in [0, 0.1) is 6.92 Å². The number of nitrogens with zero attached hydrogens (tertiary/aromatic N) is 1. The van der Waals surface area contributed by atoms with Gasteiger partial charge in [0.2, 0.25) is 0 Å². The number of nitrogens with one attached hydrogen (secondary N) is 1. The summed E-state index contributed by atoms with van der Waals surface area (Å²) in [6, 6.07) is 21.4. The highest BCUT2D eigenvalue weighted by molar-refractivity contribution is 7.89. The molecule has 150 valence electrons. The molecule has 7 heteroatoms. The third-order valence-electron chi connectivity index (χ3n) is 4.16. The molecular weight excluding hydrogens is 388 g/mol. The van der Waals surface area contributed by atoms with Crippen molar-refractivity contribution >= 4 is 16.2 Å². The number of benzene rings is 3. The average Bonchev–Trinajstić information content (AvgIpc) is 2.73. The molecule has 3 aromatic carbocycles. The fourth-order valence-corrected chi connectivity index (χ4v) is 3.37. The predicted molar refractivity (Wildman–Crippen MR) is 113 cm³/mol. The molecule has 0 aliphatic rings. The Hall–Kier alpha value is -3.32. The molecule has 0 saturated carbocycles. The highest BCUT2D eigenvalue weighted by atomic mass is 32.2. The van der Waals surface area contributed by atoms with Crippen LogP contribution in [0.1, 0.15) is 16.7 Å². The minimum atomic E-state index is -3.73. The van der Waals surface area contributed by atoms with E-state index in [4.69, 9.17) is 9.47 Å². The number of hydrogen-bond donors (Lipinski definition) is 1. The minimum absolute atomic E-state index is 0.155. The van der Waals surface area contributed by atoms with Crippen LogP contribution in [-0.2, 0) is 16.6 Å². The molecule has 6 nitrogen and oxygen atoms in total. The van der Waals surface area contributed by atoms with Crippen LogP contribution in [0.4, 0.5) is 0 Å². The van der Waals surface area contributed by atoms with Crippen molar-refractivity contribution in [3.8, 4) is 11.5 Å². The van der Waals surface area contributed by atoms with Crippen LogP contribution in [0.2, 0.25) is 0 Å². The molecule has 0 atom stereocenters. The van der Waals surface area contributed by atoms with Crippen molar-refractivity contribution in [2.75, 3.05) is 7.11 Å². The largest absolute Gasteiger partial charge is 0.497 e. The standard InChI is InChI=1S/C22H22N2O4S/c1-17-10-12-21(13-11-17)29(25,26)24-23-15-19-7-3-4-9-22(19)28-16-18-6-5-8-20(14-18)27-2/h3-15,24H,16H2,1-2H3. The maximum absolute atomic E-state index is 12.3. The maximum Gasteiger partial charge on any atom is 0.276 e. The second-order valence-electron chi connectivity index (χ2n) is 6.34. The van der Waals surface area contributed by atoms with E-state index in [2.05, 4.69) is 9.93 Å². The van der Waals surface area contributed by atoms with Crippen molar-refractivity contribution in [1.29, 1.82) is 0 Å². The summed E-state index contributed by atoms with van der Waals surface area (Å²) in [5, 5.41) is 3.89. The van der Waals surface area contributed by atoms with Crippen molar-refractivity contribution in [1.82, 2.24) is 4.83 Å². The zero-order valence-corrected chi connectivity index (χ0v) is 17.0. The van der Waals surface area contributed by atoms with E-state index in [1.165, 1.54) is 6.21 Å². The molecule has 3 aromatic rings. The summed E-state index contributed by atoms with van der Waals surface area (Å²) in [5.74, 6) is 1.35. The summed E-state index contributed by atoms with van der Waals surface area (Å²) in [6.07, 6.45) is 1.42. The fourth-order valence-electron chi connectivity index (χ4n) is 2.58. The first-order valence-electron chi connectivity index (χ1n) is 8.94. The normalized spacial score (nSPS) is 11.4. The monoisotopic (exact) mass is 410 g/mol. The predicted octanol–water partition coefficient (Wildman–Crippen LogP) is 3.90. The Morgan fingerprint density at radius 2 is 1.76 bits per heavy atom. The molecule has 3 rings (SSSR count). The van der Waals surface area contributed by atoms with E-state index in [1.54, 1.807) is 43.5 Å². The third-order valence-corrected chi connectivity index (χ3v) is 5.39. The molecule has 0 heterocycles. The summed E-state index contributed by atoms with van der Waals surface area (Å²) in [6.45, 7) is 2.24. The smallest absolute Gasteiger partial charge is 0.276 e. The van der Waals surface area contributed by atoms with Gasteiger partial charge < -0.3 is 9.47 Å². The van der Waals surface area contributed by atoms with Gasteiger partial charge >= 0.3 is 0 Å². The lowest BCUT2D eigenvalue weighted by atomic mass is 10.2. The Bertz CT molecular complexity index is 1090. The number of sulfonamides is 1. The minimum Gasteiger partial charge on any atom is -0.497 e. The lowest BCUT2D eigenvalue weighted by molar-refractivity contribution is 0.305. The molecule has 1 N–H and O–H groups in total. The van der Waals surface area contributed by atoms with Crippen LogP contribution in [0.25, 0.3) is 0 Å². The molecule has 0 bridgehead atoms. The quantitative estimate of drug-likeness (QED) is 0.451. The molecule has 0 fully saturated rings. The van der Waals surface area contributed by atoms with E-state index in [-0.39, 0.29) is 4.90 Å². The highest BCUT2D eigenvalue weighted by Gasteiger charge is 2.12. The van der Waals surface area contributed by atoms with Gasteiger partial charge in [0, 0.05) is 5.56 Å². The first-order chi connectivity index (χ1) is 14.0. The number of methoxy groups -OCH3 is 1. The van der Waals surface area contributed by atoms with E-state index in [1.807, 2.05) is 43.3 Å². The van der Waals surface area contributed by atoms with Gasteiger partial charge in [-0.05, 0) is 48.9 Å². The van der Waals surface area contributed by atoms with Gasteiger partial charge in [0.1, 0.15) is 18.1 Å². The molecule has 0 unspecified atom stereocenters. The number of rotatable bonds is 8. The van der Waals surface area contributed by atoms with Crippen LogP contribution in [-0.4, -0.2) is 21.7 Å². The van der Waals surface area contributed by atoms with Crippen LogP contribution in [0.5, 0.6) is 11.5 Å². The van der Waals surface area contributed by atoms with Crippen LogP contribution >= 0.6 is 0 Å². The summed E-state index contributed by atoms with van der Waals surface area (Å²) in [7, 11) is -2.11. The zero-order chi connectivity index (χ0) is 20.7. The SMILES string of the molecule is COc1cccc(COc2ccccc2C=NNS(=O)(=O)c2ccc(C)cc2)c1. The summed E-state index contributed by atoms with van der Waals surface area (Å²) >= 11 is 0. The number of ether oxygens (including phenoxy) is 2. The summed E-state index contributed by atoms with van der Waals surface area (Å²) < 4.78 is 35.7. The molecule has 29 heavy (non-hydrogen) atoms. The third kappa shape index (κ3) is 5.58. The van der Waals surface area contributed by atoms with Crippen LogP contribution < -0.4 is 14.3 Å². The van der Waals surface area contributed by atoms with Gasteiger partial charge in [-0.1, -0.05) is 42.0 Å². The van der Waals surface area contributed by atoms with Crippen LogP contribution in [0.3, 0.4) is 0 Å². The Kier molecular flexibility index (Phi) is 6.51. The van der Waals surface area contributed by atoms with Crippen molar-refractivity contribution in [3.63, 3.8) is 0 Å². The number of hydrazone groups is 1. The van der Waals surface area contributed by atoms with Crippen molar-refractivity contribution in [3.05, 3.63) is 89.5 Å². The Balaban J connectivity index is 1.69. The molecule has 0 aliphatic carbocycles. The molecular formula is C22H22N2O4S. The van der Waals surface area contributed by atoms with E-state index < -0.39 is 10.0 Å². The zero-order valence-electron chi connectivity index (χ0n) is 16.2. The van der Waals surface area contributed by atoms with Crippen molar-refractivity contribution in [2.45, 2.75) is 18.4 Å². The second kappa shape index (κ2) is 9.25. The number of hydrogen-bond acceptors (Lipinski definition) is 5. The molecule has 0 amide bonds. The topological polar surface area (TPSA) is 77.0 Å². The second-order valence-corrected chi connectivity index (χ2v) is 8.00. The highest BCUT2D eigenvalue weighted by Crippen LogP contribution is 2.19. The van der Waals surface area contributed by atoms with E-state index >= 15 is 0 Å². The fraction of sp³-hybridized carbons (Fsp3) is 0.136. The van der Waals surface area contributed by atoms with E-state index in [9.17, 15) is 8.42 Å². The number of aryl methyl sites for hydroxylation is 1. The lowest BCUT2D eigenvalue weighted by Crippen LogP contribution is -2.18. The molecule has 0 aromatic heterocycles. The van der Waals surface area contributed by atoms with Crippen molar-refractivity contribution in [2.24, 2.45) is 5.10 Å². The van der Waals surface area contributed by atoms with Gasteiger partial charge in [-0.25, -0.2) is 4.83 Å². The van der Waals surface area contributed by atoms with Gasteiger partial charge in [-0.15, -0.1) is 0 Å². The first kappa shape index (κ1) is 20.4. The van der Waals surface area contributed by atoms with E-state index in [0.717, 1.165) is 16.9 Å². The molecule has 0 radical (unpaired) electrons. The lowest BCUT2D eigenvalue weighted by Gasteiger charge is -2.10. The van der Waals surface area contributed by atoms with Gasteiger partial charge in [0.15, 0.2) is 0 Å². The molecule has 0 saturated heterocycles. The maximum atomic E-state index is 12.3. The summed E-state index contributed by atoms with van der Waals surface area (Å²) in [4.78, 5) is 2.38. The Labute approximate surface area is 170 Å². The van der Waals surface area contributed by atoms with Crippen LogP contribution in [0.15, 0.2) is 82.8 Å². The Morgan fingerprint density at radius 3 is 2.52 bits per heavy atom. The molecule has 0 aliphatic heterocycles. The van der Waals surface area contributed by atoms with Gasteiger partial charge in [-0.2, -0.15) is 13.5 Å². The Morgan fingerprint density at radius 1 is 1.00 bits per heavy atom. The first-order valence-corrected chi connectivity index (χ1v) is 10.4. The van der Waals surface area contributed by atoms with Gasteiger partial charge in [-0.3, -0.25) is 0 Å². The van der Waals surface area contributed by atoms with Gasteiger partial charge in [0.25, 0.3) is 10.0 Å². The van der Waals surface area contributed by atoms with Gasteiger partial charge in [0.05, 0.1) is 18.2 Å². The van der Waals surface area contributed by atoms with E-state index in [0.29, 0.717) is 17.9 Å².